The van der Waals surface area contributed by atoms with Crippen LogP contribution in [-0.4, -0.2) is 37.5 Å². The lowest BCUT2D eigenvalue weighted by Gasteiger charge is -2.20. The Morgan fingerprint density at radius 3 is 2.37 bits per heavy atom. The molecule has 2 unspecified atom stereocenters. The Morgan fingerprint density at radius 1 is 1.32 bits per heavy atom. The van der Waals surface area contributed by atoms with E-state index in [9.17, 15) is 13.5 Å². The maximum atomic E-state index is 12.3. The molecule has 1 aliphatic heterocycles. The van der Waals surface area contributed by atoms with Crippen molar-refractivity contribution >= 4 is 9.84 Å². The van der Waals surface area contributed by atoms with Crippen LogP contribution in [0.4, 0.5) is 0 Å². The van der Waals surface area contributed by atoms with Gasteiger partial charge in [-0.2, -0.15) is 0 Å². The number of aryl methyl sites for hydroxylation is 1. The van der Waals surface area contributed by atoms with Crippen LogP contribution in [0, 0.1) is 6.92 Å². The van der Waals surface area contributed by atoms with Gasteiger partial charge in [-0.25, -0.2) is 8.42 Å². The van der Waals surface area contributed by atoms with Crippen molar-refractivity contribution in [1.29, 1.82) is 0 Å². The molecule has 2 atom stereocenters. The highest BCUT2D eigenvalue weighted by atomic mass is 32.2. The molecule has 106 valence electrons. The van der Waals surface area contributed by atoms with E-state index in [1.54, 1.807) is 26.0 Å². The van der Waals surface area contributed by atoms with Crippen LogP contribution in [0.15, 0.2) is 29.2 Å². The van der Waals surface area contributed by atoms with Crippen LogP contribution in [0.2, 0.25) is 0 Å². The number of benzene rings is 1. The SMILES string of the molecule is Cc1ccc(S(=O)(=O)C(O)C2COC(C)(C)O2)cc1. The predicted octanol–water partition coefficient (Wildman–Crippen LogP) is 1.24. The van der Waals surface area contributed by atoms with Crippen LogP contribution in [0.25, 0.3) is 0 Å². The second-order valence-corrected chi connectivity index (χ2v) is 7.16. The van der Waals surface area contributed by atoms with Crippen LogP contribution in [0.5, 0.6) is 0 Å². The first-order valence-electron chi connectivity index (χ1n) is 6.03. The van der Waals surface area contributed by atoms with E-state index in [1.165, 1.54) is 12.1 Å². The van der Waals surface area contributed by atoms with Crippen molar-refractivity contribution in [3.05, 3.63) is 29.8 Å². The first-order valence-corrected chi connectivity index (χ1v) is 7.57. The molecule has 0 aromatic heterocycles. The maximum Gasteiger partial charge on any atom is 0.207 e. The highest BCUT2D eigenvalue weighted by Crippen LogP contribution is 2.28. The standard InChI is InChI=1S/C13H18O5S/c1-9-4-6-10(7-5-9)19(15,16)12(14)11-8-17-13(2,3)18-11/h4-7,11-12,14H,8H2,1-3H3. The topological polar surface area (TPSA) is 72.8 Å². The van der Waals surface area contributed by atoms with E-state index in [4.69, 9.17) is 9.47 Å². The molecule has 0 bridgehead atoms. The molecule has 6 heteroatoms. The monoisotopic (exact) mass is 286 g/mol. The molecular weight excluding hydrogens is 268 g/mol. The molecule has 1 aromatic rings. The molecule has 0 radical (unpaired) electrons. The molecule has 0 amide bonds. The van der Waals surface area contributed by atoms with Gasteiger partial charge in [-0.05, 0) is 32.9 Å². The normalized spacial score (nSPS) is 24.3. The number of ether oxygens (including phenoxy) is 2. The van der Waals surface area contributed by atoms with Crippen molar-refractivity contribution < 1.29 is 23.0 Å². The summed E-state index contributed by atoms with van der Waals surface area (Å²) in [6.07, 6.45) is -0.874. The fourth-order valence-corrected chi connectivity index (χ4v) is 3.25. The average Bonchev–Trinajstić information content (AvgIpc) is 2.69. The van der Waals surface area contributed by atoms with E-state index in [0.717, 1.165) is 5.56 Å². The van der Waals surface area contributed by atoms with Gasteiger partial charge in [0.1, 0.15) is 6.10 Å². The van der Waals surface area contributed by atoms with Gasteiger partial charge in [-0.1, -0.05) is 17.7 Å². The summed E-state index contributed by atoms with van der Waals surface area (Å²) in [4.78, 5) is 0.0823. The molecular formula is C13H18O5S. The highest BCUT2D eigenvalue weighted by Gasteiger charge is 2.42. The van der Waals surface area contributed by atoms with E-state index < -0.39 is 27.2 Å². The van der Waals surface area contributed by atoms with Crippen LogP contribution < -0.4 is 0 Å². The quantitative estimate of drug-likeness (QED) is 0.905. The Morgan fingerprint density at radius 2 is 1.89 bits per heavy atom. The third kappa shape index (κ3) is 2.97. The van der Waals surface area contributed by atoms with E-state index in [0.29, 0.717) is 0 Å². The van der Waals surface area contributed by atoms with Crippen LogP contribution in [0.3, 0.4) is 0 Å². The molecule has 2 rings (SSSR count). The van der Waals surface area contributed by atoms with E-state index in [2.05, 4.69) is 0 Å². The Kier molecular flexibility index (Phi) is 3.70. The molecule has 1 aromatic carbocycles. The zero-order valence-electron chi connectivity index (χ0n) is 11.2. The van der Waals surface area contributed by atoms with Crippen molar-refractivity contribution in [2.45, 2.75) is 43.0 Å². The Bertz CT molecular complexity index is 547. The summed E-state index contributed by atoms with van der Waals surface area (Å²) in [5.74, 6) is -0.867. The fourth-order valence-electron chi connectivity index (χ4n) is 1.92. The molecule has 19 heavy (non-hydrogen) atoms. The minimum absolute atomic E-state index is 0.0548. The molecule has 1 fully saturated rings. The number of hydrogen-bond donors (Lipinski definition) is 1. The van der Waals surface area contributed by atoms with Gasteiger partial charge in [-0.3, -0.25) is 0 Å². The Balaban J connectivity index is 2.23. The number of aliphatic hydroxyl groups excluding tert-OH is 1. The first kappa shape index (κ1) is 14.5. The van der Waals surface area contributed by atoms with Gasteiger partial charge in [0, 0.05) is 0 Å². The summed E-state index contributed by atoms with van der Waals surface area (Å²) < 4.78 is 35.2. The number of rotatable bonds is 3. The fraction of sp³-hybridized carbons (Fsp3) is 0.538. The molecule has 0 saturated carbocycles. The lowest BCUT2D eigenvalue weighted by atomic mass is 10.2. The van der Waals surface area contributed by atoms with Crippen molar-refractivity contribution in [3.63, 3.8) is 0 Å². The average molecular weight is 286 g/mol. The minimum atomic E-state index is -3.84. The number of hydrogen-bond acceptors (Lipinski definition) is 5. The highest BCUT2D eigenvalue weighted by molar-refractivity contribution is 7.92. The summed E-state index contributed by atoms with van der Waals surface area (Å²) in [7, 11) is -3.84. The molecule has 0 aliphatic carbocycles. The first-order chi connectivity index (χ1) is 8.72. The van der Waals surface area contributed by atoms with Gasteiger partial charge in [0.25, 0.3) is 0 Å². The molecule has 0 spiro atoms. The Hall–Kier alpha value is -0.950. The van der Waals surface area contributed by atoms with Crippen molar-refractivity contribution in [2.75, 3.05) is 6.61 Å². The van der Waals surface area contributed by atoms with Crippen LogP contribution in [-0.2, 0) is 19.3 Å². The minimum Gasteiger partial charge on any atom is -0.375 e. The Labute approximate surface area is 113 Å². The predicted molar refractivity (Wildman–Crippen MR) is 69.3 cm³/mol. The van der Waals surface area contributed by atoms with Gasteiger partial charge < -0.3 is 14.6 Å². The molecule has 5 nitrogen and oxygen atoms in total. The zero-order chi connectivity index (χ0) is 14.3. The lowest BCUT2D eigenvalue weighted by molar-refractivity contribution is -0.145. The summed E-state index contributed by atoms with van der Waals surface area (Å²) >= 11 is 0. The zero-order valence-corrected chi connectivity index (χ0v) is 12.0. The van der Waals surface area contributed by atoms with E-state index >= 15 is 0 Å². The third-order valence-corrected chi connectivity index (χ3v) is 4.88. The second kappa shape index (κ2) is 4.86. The third-order valence-electron chi connectivity index (χ3n) is 3.02. The van der Waals surface area contributed by atoms with Gasteiger partial charge in [0.15, 0.2) is 11.2 Å². The van der Waals surface area contributed by atoms with E-state index in [1.807, 2.05) is 6.92 Å². The lowest BCUT2D eigenvalue weighted by Crippen LogP contribution is -2.37. The van der Waals surface area contributed by atoms with Crippen molar-refractivity contribution in [3.8, 4) is 0 Å². The van der Waals surface area contributed by atoms with Crippen LogP contribution >= 0.6 is 0 Å². The van der Waals surface area contributed by atoms with Gasteiger partial charge in [-0.15, -0.1) is 0 Å². The largest absolute Gasteiger partial charge is 0.375 e. The second-order valence-electron chi connectivity index (χ2n) is 5.12. The smallest absolute Gasteiger partial charge is 0.207 e. The molecule has 1 aliphatic rings. The summed E-state index contributed by atoms with van der Waals surface area (Å²) in [5, 5.41) is 10.0. The summed E-state index contributed by atoms with van der Waals surface area (Å²) in [6, 6.07) is 6.34. The number of sulfone groups is 1. The summed E-state index contributed by atoms with van der Waals surface area (Å²) in [6.45, 7) is 5.28. The van der Waals surface area contributed by atoms with Gasteiger partial charge >= 0.3 is 0 Å². The van der Waals surface area contributed by atoms with Gasteiger partial charge in [0.2, 0.25) is 9.84 Å². The number of aliphatic hydroxyl groups is 1. The van der Waals surface area contributed by atoms with Crippen molar-refractivity contribution in [1.82, 2.24) is 0 Å². The van der Waals surface area contributed by atoms with Gasteiger partial charge in [0.05, 0.1) is 11.5 Å². The van der Waals surface area contributed by atoms with E-state index in [-0.39, 0.29) is 11.5 Å². The molecule has 1 N–H and O–H groups in total. The van der Waals surface area contributed by atoms with Crippen LogP contribution in [0.1, 0.15) is 19.4 Å². The molecule has 1 heterocycles. The molecule has 1 saturated heterocycles. The maximum absolute atomic E-state index is 12.3. The van der Waals surface area contributed by atoms with Crippen molar-refractivity contribution in [2.24, 2.45) is 0 Å². The summed E-state index contributed by atoms with van der Waals surface area (Å²) in [5.41, 5.74) is -0.674.